The van der Waals surface area contributed by atoms with E-state index in [1.54, 1.807) is 0 Å². The lowest BCUT2D eigenvalue weighted by atomic mass is 10.0. The fraction of sp³-hybridized carbons (Fsp3) is 0.913. The molecule has 1 N–H and O–H groups in total. The second kappa shape index (κ2) is 20.5. The van der Waals surface area contributed by atoms with Crippen molar-refractivity contribution in [2.24, 2.45) is 0 Å². The largest absolute Gasteiger partial charge is 0.356 e. The fourth-order valence-corrected chi connectivity index (χ4v) is 3.25. The highest BCUT2D eigenvalue weighted by Crippen LogP contribution is 2.10. The van der Waals surface area contributed by atoms with Crippen molar-refractivity contribution in [1.82, 2.24) is 5.32 Å². The van der Waals surface area contributed by atoms with Crippen LogP contribution < -0.4 is 5.32 Å². The van der Waals surface area contributed by atoms with E-state index in [0.29, 0.717) is 25.2 Å². The fourth-order valence-electron chi connectivity index (χ4n) is 3.25. The zero-order chi connectivity index (χ0) is 19.3. The summed E-state index contributed by atoms with van der Waals surface area (Å²) in [5.41, 5.74) is 0. The van der Waals surface area contributed by atoms with Gasteiger partial charge in [0.15, 0.2) is 0 Å². The third kappa shape index (κ3) is 19.5. The van der Waals surface area contributed by atoms with Crippen LogP contribution in [0.3, 0.4) is 0 Å². The summed E-state index contributed by atoms with van der Waals surface area (Å²) in [6.07, 6.45) is 20.2. The lowest BCUT2D eigenvalue weighted by Gasteiger charge is -2.05. The Labute approximate surface area is 163 Å². The van der Waals surface area contributed by atoms with E-state index >= 15 is 0 Å². The second-order valence-electron chi connectivity index (χ2n) is 7.73. The third-order valence-corrected chi connectivity index (χ3v) is 5.02. The Hall–Kier alpha value is -0.860. The summed E-state index contributed by atoms with van der Waals surface area (Å²) in [6, 6.07) is 0. The summed E-state index contributed by atoms with van der Waals surface area (Å²) in [4.78, 5) is 23.6. The Morgan fingerprint density at radius 2 is 0.962 bits per heavy atom. The molecule has 0 fully saturated rings. The standard InChI is InChI=1S/C23H45NO2/c1-3-5-7-9-11-13-15-18-22(25)19-17-21-24-23(26)20-16-14-12-10-8-6-4-2/h3-21H2,1-2H3,(H,24,26). The van der Waals surface area contributed by atoms with Gasteiger partial charge >= 0.3 is 0 Å². The number of amides is 1. The van der Waals surface area contributed by atoms with E-state index < -0.39 is 0 Å². The van der Waals surface area contributed by atoms with Crippen LogP contribution in [0.15, 0.2) is 0 Å². The Bertz CT molecular complexity index is 296. The van der Waals surface area contributed by atoms with Gasteiger partial charge in [0.25, 0.3) is 0 Å². The molecule has 0 aromatic heterocycles. The highest BCUT2D eigenvalue weighted by Gasteiger charge is 2.04. The van der Waals surface area contributed by atoms with Gasteiger partial charge in [-0.15, -0.1) is 0 Å². The zero-order valence-corrected chi connectivity index (χ0v) is 17.8. The number of Topliss-reactive ketones (excluding diaryl/α,β-unsaturated/α-hetero) is 1. The van der Waals surface area contributed by atoms with Crippen LogP contribution in [0.5, 0.6) is 0 Å². The molecule has 0 bridgehead atoms. The average Bonchev–Trinajstić information content (AvgIpc) is 2.64. The first-order chi connectivity index (χ1) is 12.7. The molecule has 26 heavy (non-hydrogen) atoms. The molecule has 0 heterocycles. The number of nitrogens with one attached hydrogen (secondary N) is 1. The molecule has 0 saturated carbocycles. The maximum absolute atomic E-state index is 11.8. The van der Waals surface area contributed by atoms with Crippen LogP contribution >= 0.6 is 0 Å². The molecule has 0 rings (SSSR count). The lowest BCUT2D eigenvalue weighted by Crippen LogP contribution is -2.24. The average molecular weight is 368 g/mol. The molecule has 0 unspecified atom stereocenters. The summed E-state index contributed by atoms with van der Waals surface area (Å²) >= 11 is 0. The molecule has 3 nitrogen and oxygen atoms in total. The molecular weight excluding hydrogens is 322 g/mol. The van der Waals surface area contributed by atoms with Crippen molar-refractivity contribution in [3.05, 3.63) is 0 Å². The molecule has 0 saturated heterocycles. The minimum Gasteiger partial charge on any atom is -0.356 e. The molecule has 0 aliphatic heterocycles. The number of unbranched alkanes of at least 4 members (excludes halogenated alkanes) is 12. The van der Waals surface area contributed by atoms with Gasteiger partial charge in [-0.25, -0.2) is 0 Å². The predicted octanol–water partition coefficient (Wildman–Crippen LogP) is 6.73. The monoisotopic (exact) mass is 367 g/mol. The summed E-state index contributed by atoms with van der Waals surface area (Å²) in [5, 5.41) is 2.95. The molecule has 0 aliphatic rings. The molecule has 0 aromatic carbocycles. The molecule has 0 spiro atoms. The maximum atomic E-state index is 11.8. The van der Waals surface area contributed by atoms with Crippen LogP contribution in [-0.2, 0) is 9.59 Å². The molecule has 0 radical (unpaired) electrons. The van der Waals surface area contributed by atoms with Crippen molar-refractivity contribution in [1.29, 1.82) is 0 Å². The lowest BCUT2D eigenvalue weighted by molar-refractivity contribution is -0.122. The Kier molecular flexibility index (Phi) is 19.8. The number of rotatable bonds is 20. The Balaban J connectivity index is 3.31. The molecule has 0 aromatic rings. The van der Waals surface area contributed by atoms with Crippen molar-refractivity contribution in [2.75, 3.05) is 6.54 Å². The van der Waals surface area contributed by atoms with E-state index in [0.717, 1.165) is 32.1 Å². The smallest absolute Gasteiger partial charge is 0.219 e. The minimum atomic E-state index is 0.151. The van der Waals surface area contributed by atoms with Crippen LogP contribution in [0.1, 0.15) is 129 Å². The summed E-state index contributed by atoms with van der Waals surface area (Å²) in [5.74, 6) is 0.512. The van der Waals surface area contributed by atoms with E-state index in [1.165, 1.54) is 70.6 Å². The van der Waals surface area contributed by atoms with Gasteiger partial charge in [-0.3, -0.25) is 9.59 Å². The predicted molar refractivity (Wildman–Crippen MR) is 112 cm³/mol. The molecule has 0 aliphatic carbocycles. The Morgan fingerprint density at radius 3 is 1.50 bits per heavy atom. The minimum absolute atomic E-state index is 0.151. The van der Waals surface area contributed by atoms with E-state index in [9.17, 15) is 9.59 Å². The summed E-state index contributed by atoms with van der Waals surface area (Å²) in [7, 11) is 0. The third-order valence-electron chi connectivity index (χ3n) is 5.02. The van der Waals surface area contributed by atoms with Gasteiger partial charge < -0.3 is 5.32 Å². The molecular formula is C23H45NO2. The van der Waals surface area contributed by atoms with E-state index in [-0.39, 0.29) is 5.91 Å². The van der Waals surface area contributed by atoms with Crippen LogP contribution in [0.4, 0.5) is 0 Å². The number of hydrogen-bond donors (Lipinski definition) is 1. The first-order valence-corrected chi connectivity index (χ1v) is 11.5. The van der Waals surface area contributed by atoms with Crippen LogP contribution in [0.2, 0.25) is 0 Å². The van der Waals surface area contributed by atoms with Gasteiger partial charge in [-0.1, -0.05) is 90.9 Å². The van der Waals surface area contributed by atoms with Gasteiger partial charge in [0.05, 0.1) is 0 Å². The van der Waals surface area contributed by atoms with Crippen molar-refractivity contribution < 1.29 is 9.59 Å². The van der Waals surface area contributed by atoms with Gasteiger partial charge in [0, 0.05) is 25.8 Å². The van der Waals surface area contributed by atoms with Crippen molar-refractivity contribution >= 4 is 11.7 Å². The van der Waals surface area contributed by atoms with E-state index in [2.05, 4.69) is 19.2 Å². The van der Waals surface area contributed by atoms with Crippen molar-refractivity contribution in [2.45, 2.75) is 129 Å². The first kappa shape index (κ1) is 25.1. The second-order valence-corrected chi connectivity index (χ2v) is 7.73. The molecule has 1 amide bonds. The SMILES string of the molecule is CCCCCCCCCC(=O)CCCNC(=O)CCCCCCCCC. The van der Waals surface area contributed by atoms with Gasteiger partial charge in [0.2, 0.25) is 5.91 Å². The first-order valence-electron chi connectivity index (χ1n) is 11.5. The van der Waals surface area contributed by atoms with Crippen LogP contribution in [0.25, 0.3) is 0 Å². The van der Waals surface area contributed by atoms with E-state index in [1.807, 2.05) is 0 Å². The molecule has 3 heteroatoms. The van der Waals surface area contributed by atoms with E-state index in [4.69, 9.17) is 0 Å². The Morgan fingerprint density at radius 1 is 0.538 bits per heavy atom. The number of ketones is 1. The number of carbonyl (C=O) groups excluding carboxylic acids is 2. The van der Waals surface area contributed by atoms with Gasteiger partial charge in [0.1, 0.15) is 5.78 Å². The zero-order valence-electron chi connectivity index (χ0n) is 17.8. The van der Waals surface area contributed by atoms with Crippen molar-refractivity contribution in [3.8, 4) is 0 Å². The van der Waals surface area contributed by atoms with Crippen LogP contribution in [0, 0.1) is 0 Å². The highest BCUT2D eigenvalue weighted by molar-refractivity contribution is 5.78. The molecule has 154 valence electrons. The summed E-state index contributed by atoms with van der Waals surface area (Å²) in [6.45, 7) is 5.11. The maximum Gasteiger partial charge on any atom is 0.219 e. The van der Waals surface area contributed by atoms with Gasteiger partial charge in [-0.05, 0) is 19.3 Å². The normalized spacial score (nSPS) is 10.8. The highest BCUT2D eigenvalue weighted by atomic mass is 16.1. The number of carbonyl (C=O) groups is 2. The van der Waals surface area contributed by atoms with Gasteiger partial charge in [-0.2, -0.15) is 0 Å². The summed E-state index contributed by atoms with van der Waals surface area (Å²) < 4.78 is 0. The molecule has 0 atom stereocenters. The van der Waals surface area contributed by atoms with Crippen molar-refractivity contribution in [3.63, 3.8) is 0 Å². The number of hydrogen-bond acceptors (Lipinski definition) is 2. The quantitative estimate of drug-likeness (QED) is 0.242. The topological polar surface area (TPSA) is 46.2 Å². The van der Waals surface area contributed by atoms with Crippen LogP contribution in [-0.4, -0.2) is 18.2 Å².